The minimum atomic E-state index is 0.0652. The molecule has 2 N–H and O–H groups in total. The molecular formula is C12H25N3O. The number of piperidine rings is 1. The van der Waals surface area contributed by atoms with Crippen LogP contribution in [-0.4, -0.2) is 50.1 Å². The minimum Gasteiger partial charge on any atom is -0.355 e. The zero-order chi connectivity index (χ0) is 11.8. The molecule has 0 radical (unpaired) electrons. The zero-order valence-electron chi connectivity index (χ0n) is 10.6. The van der Waals surface area contributed by atoms with Crippen molar-refractivity contribution in [3.63, 3.8) is 0 Å². The lowest BCUT2D eigenvalue weighted by Crippen LogP contribution is -2.41. The highest BCUT2D eigenvalue weighted by Gasteiger charge is 2.15. The van der Waals surface area contributed by atoms with Gasteiger partial charge in [-0.05, 0) is 38.4 Å². The number of hydrogen-bond acceptors (Lipinski definition) is 3. The van der Waals surface area contributed by atoms with E-state index in [0.717, 1.165) is 38.6 Å². The van der Waals surface area contributed by atoms with Crippen LogP contribution < -0.4 is 10.6 Å². The van der Waals surface area contributed by atoms with Crippen LogP contribution in [0.2, 0.25) is 0 Å². The van der Waals surface area contributed by atoms with Crippen molar-refractivity contribution < 1.29 is 4.79 Å². The maximum Gasteiger partial charge on any atom is 0.216 e. The molecule has 94 valence electrons. The lowest BCUT2D eigenvalue weighted by Gasteiger charge is -2.29. The normalized spacial score (nSPS) is 21.1. The lowest BCUT2D eigenvalue weighted by molar-refractivity contribution is -0.119. The first-order valence-corrected chi connectivity index (χ1v) is 6.40. The molecule has 4 nitrogen and oxygen atoms in total. The third kappa shape index (κ3) is 5.47. The summed E-state index contributed by atoms with van der Waals surface area (Å²) < 4.78 is 0. The largest absolute Gasteiger partial charge is 0.355 e. The van der Waals surface area contributed by atoms with E-state index in [2.05, 4.69) is 22.5 Å². The van der Waals surface area contributed by atoms with Gasteiger partial charge >= 0.3 is 0 Å². The van der Waals surface area contributed by atoms with Crippen molar-refractivity contribution in [2.24, 2.45) is 5.92 Å². The van der Waals surface area contributed by atoms with E-state index in [1.807, 2.05) is 0 Å². The number of nitrogens with zero attached hydrogens (tertiary/aromatic N) is 1. The Bertz CT molecular complexity index is 202. The van der Waals surface area contributed by atoms with E-state index >= 15 is 0 Å². The van der Waals surface area contributed by atoms with Crippen molar-refractivity contribution >= 4 is 5.91 Å². The molecule has 1 rings (SSSR count). The molecular weight excluding hydrogens is 202 g/mol. The molecule has 0 bridgehead atoms. The fraction of sp³-hybridized carbons (Fsp3) is 0.917. The Balaban J connectivity index is 2.16. The summed E-state index contributed by atoms with van der Waals surface area (Å²) in [6.45, 7) is 10.0. The van der Waals surface area contributed by atoms with Crippen LogP contribution in [0.5, 0.6) is 0 Å². The van der Waals surface area contributed by atoms with Crippen molar-refractivity contribution in [2.75, 3.05) is 39.3 Å². The van der Waals surface area contributed by atoms with Gasteiger partial charge < -0.3 is 15.5 Å². The number of rotatable bonds is 6. The third-order valence-electron chi connectivity index (χ3n) is 3.16. The molecule has 0 aliphatic carbocycles. The maximum absolute atomic E-state index is 10.8. The molecule has 1 aliphatic rings. The molecule has 1 amide bonds. The fourth-order valence-electron chi connectivity index (χ4n) is 2.21. The van der Waals surface area contributed by atoms with Crippen LogP contribution in [0.25, 0.3) is 0 Å². The van der Waals surface area contributed by atoms with Gasteiger partial charge in [0, 0.05) is 26.6 Å². The smallest absolute Gasteiger partial charge is 0.216 e. The number of amides is 1. The van der Waals surface area contributed by atoms with Gasteiger partial charge in [0.15, 0.2) is 0 Å². The quantitative estimate of drug-likeness (QED) is 0.692. The molecule has 0 aromatic rings. The zero-order valence-corrected chi connectivity index (χ0v) is 10.6. The van der Waals surface area contributed by atoms with Crippen LogP contribution in [0.1, 0.15) is 26.7 Å². The van der Waals surface area contributed by atoms with Gasteiger partial charge in [-0.15, -0.1) is 0 Å². The van der Waals surface area contributed by atoms with Gasteiger partial charge in [0.25, 0.3) is 0 Å². The van der Waals surface area contributed by atoms with E-state index in [-0.39, 0.29) is 5.91 Å². The van der Waals surface area contributed by atoms with Crippen LogP contribution in [0.15, 0.2) is 0 Å². The summed E-state index contributed by atoms with van der Waals surface area (Å²) >= 11 is 0. The third-order valence-corrected chi connectivity index (χ3v) is 3.16. The maximum atomic E-state index is 10.8. The highest BCUT2D eigenvalue weighted by Crippen LogP contribution is 2.11. The van der Waals surface area contributed by atoms with Gasteiger partial charge in [-0.3, -0.25) is 4.79 Å². The molecule has 0 spiro atoms. The van der Waals surface area contributed by atoms with E-state index in [1.165, 1.54) is 19.4 Å². The molecule has 1 atom stereocenters. The first-order valence-electron chi connectivity index (χ1n) is 6.40. The summed E-state index contributed by atoms with van der Waals surface area (Å²) in [5.74, 6) is 0.849. The van der Waals surface area contributed by atoms with Gasteiger partial charge in [-0.25, -0.2) is 0 Å². The van der Waals surface area contributed by atoms with E-state index in [1.54, 1.807) is 6.92 Å². The van der Waals surface area contributed by atoms with Crippen molar-refractivity contribution in [1.82, 2.24) is 15.5 Å². The SMILES string of the molecule is CCN(CCNC(C)=O)CC1CCCNC1. The van der Waals surface area contributed by atoms with Crippen LogP contribution in [0.4, 0.5) is 0 Å². The summed E-state index contributed by atoms with van der Waals surface area (Å²) in [6.07, 6.45) is 2.64. The summed E-state index contributed by atoms with van der Waals surface area (Å²) in [6, 6.07) is 0. The van der Waals surface area contributed by atoms with Gasteiger partial charge in [0.1, 0.15) is 0 Å². The number of carbonyl (C=O) groups excluding carboxylic acids is 1. The summed E-state index contributed by atoms with van der Waals surface area (Å²) in [5, 5.41) is 6.29. The van der Waals surface area contributed by atoms with Crippen molar-refractivity contribution in [3.8, 4) is 0 Å². The average Bonchev–Trinajstić information content (AvgIpc) is 2.28. The first kappa shape index (κ1) is 13.5. The van der Waals surface area contributed by atoms with Gasteiger partial charge in [0.05, 0.1) is 0 Å². The Morgan fingerprint density at radius 2 is 2.38 bits per heavy atom. The second-order valence-corrected chi connectivity index (χ2v) is 4.59. The van der Waals surface area contributed by atoms with Crippen LogP contribution in [0, 0.1) is 5.92 Å². The fourth-order valence-corrected chi connectivity index (χ4v) is 2.21. The molecule has 16 heavy (non-hydrogen) atoms. The monoisotopic (exact) mass is 227 g/mol. The van der Waals surface area contributed by atoms with Crippen LogP contribution in [-0.2, 0) is 4.79 Å². The predicted octanol–water partition coefficient (Wildman–Crippen LogP) is 0.444. The van der Waals surface area contributed by atoms with Gasteiger partial charge in [0.2, 0.25) is 5.91 Å². The molecule has 4 heteroatoms. The van der Waals surface area contributed by atoms with Gasteiger partial charge in [-0.2, -0.15) is 0 Å². The molecule has 1 aliphatic heterocycles. The molecule has 1 heterocycles. The second kappa shape index (κ2) is 7.63. The van der Waals surface area contributed by atoms with Crippen LogP contribution >= 0.6 is 0 Å². The number of likely N-dealkylation sites (N-methyl/N-ethyl adjacent to an activating group) is 1. The van der Waals surface area contributed by atoms with E-state index in [0.29, 0.717) is 0 Å². The number of hydrogen-bond donors (Lipinski definition) is 2. The Kier molecular flexibility index (Phi) is 6.42. The minimum absolute atomic E-state index is 0.0652. The molecule has 0 saturated carbocycles. The summed E-state index contributed by atoms with van der Waals surface area (Å²) in [7, 11) is 0. The second-order valence-electron chi connectivity index (χ2n) is 4.59. The number of nitrogens with one attached hydrogen (secondary N) is 2. The standard InChI is InChI=1S/C12H25N3O/c1-3-15(8-7-14-11(2)16)10-12-5-4-6-13-9-12/h12-13H,3-10H2,1-2H3,(H,14,16). The highest BCUT2D eigenvalue weighted by molar-refractivity contribution is 5.72. The molecule has 1 fully saturated rings. The Hall–Kier alpha value is -0.610. The van der Waals surface area contributed by atoms with E-state index in [9.17, 15) is 4.79 Å². The molecule has 1 saturated heterocycles. The Labute approximate surface area is 98.8 Å². The lowest BCUT2D eigenvalue weighted by atomic mass is 9.99. The van der Waals surface area contributed by atoms with Crippen molar-refractivity contribution in [2.45, 2.75) is 26.7 Å². The Morgan fingerprint density at radius 1 is 1.56 bits per heavy atom. The van der Waals surface area contributed by atoms with E-state index in [4.69, 9.17) is 0 Å². The molecule has 1 unspecified atom stereocenters. The van der Waals surface area contributed by atoms with E-state index < -0.39 is 0 Å². The predicted molar refractivity (Wildman–Crippen MR) is 66.4 cm³/mol. The van der Waals surface area contributed by atoms with Crippen LogP contribution in [0.3, 0.4) is 0 Å². The van der Waals surface area contributed by atoms with Crippen molar-refractivity contribution in [1.29, 1.82) is 0 Å². The number of carbonyl (C=O) groups is 1. The summed E-state index contributed by atoms with van der Waals surface area (Å²) in [4.78, 5) is 13.2. The highest BCUT2D eigenvalue weighted by atomic mass is 16.1. The first-order chi connectivity index (χ1) is 7.72. The molecule has 0 aromatic heterocycles. The van der Waals surface area contributed by atoms with Gasteiger partial charge in [-0.1, -0.05) is 6.92 Å². The summed E-state index contributed by atoms with van der Waals surface area (Å²) in [5.41, 5.74) is 0. The molecule has 0 aromatic carbocycles. The average molecular weight is 227 g/mol. The van der Waals surface area contributed by atoms with Crippen molar-refractivity contribution in [3.05, 3.63) is 0 Å². The Morgan fingerprint density at radius 3 is 2.94 bits per heavy atom. The topological polar surface area (TPSA) is 44.4 Å².